The van der Waals surface area contributed by atoms with E-state index in [4.69, 9.17) is 0 Å². The van der Waals surface area contributed by atoms with Gasteiger partial charge in [-0.25, -0.2) is 0 Å². The third-order valence-corrected chi connectivity index (χ3v) is 3.23. The van der Waals surface area contributed by atoms with Crippen LogP contribution in [0.2, 0.25) is 0 Å². The van der Waals surface area contributed by atoms with E-state index in [1.54, 1.807) is 4.90 Å². The SMILES string of the molecule is C\C1=C/C(Br)=C\C=C(/C)N(C)C(=O)CCC1. The minimum absolute atomic E-state index is 0.188. The van der Waals surface area contributed by atoms with Crippen LogP contribution in [0.4, 0.5) is 0 Å². The van der Waals surface area contributed by atoms with Crippen LogP contribution >= 0.6 is 15.9 Å². The number of halogens is 1. The van der Waals surface area contributed by atoms with Gasteiger partial charge in [0.1, 0.15) is 0 Å². The van der Waals surface area contributed by atoms with E-state index in [9.17, 15) is 4.79 Å². The Morgan fingerprint density at radius 1 is 1.25 bits per heavy atom. The first kappa shape index (κ1) is 13.2. The maximum atomic E-state index is 11.8. The molecule has 0 saturated carbocycles. The zero-order chi connectivity index (χ0) is 12.1. The summed E-state index contributed by atoms with van der Waals surface area (Å²) in [6.07, 6.45) is 8.55. The van der Waals surface area contributed by atoms with Gasteiger partial charge in [-0.15, -0.1) is 0 Å². The number of hydrogen-bond donors (Lipinski definition) is 0. The maximum absolute atomic E-state index is 11.8. The van der Waals surface area contributed by atoms with E-state index < -0.39 is 0 Å². The molecular weight excluding hydrogens is 266 g/mol. The molecular formula is C13H18BrNO. The Balaban J connectivity index is 2.97. The second kappa shape index (κ2) is 6.04. The van der Waals surface area contributed by atoms with Crippen molar-refractivity contribution in [1.82, 2.24) is 4.90 Å². The Morgan fingerprint density at radius 3 is 2.62 bits per heavy atom. The minimum Gasteiger partial charge on any atom is -0.320 e. The second-order valence-electron chi connectivity index (χ2n) is 4.16. The van der Waals surface area contributed by atoms with Gasteiger partial charge in [-0.2, -0.15) is 0 Å². The molecule has 0 saturated heterocycles. The van der Waals surface area contributed by atoms with Crippen molar-refractivity contribution in [2.24, 2.45) is 0 Å². The molecule has 2 nitrogen and oxygen atoms in total. The molecule has 0 aliphatic carbocycles. The van der Waals surface area contributed by atoms with Gasteiger partial charge >= 0.3 is 0 Å². The van der Waals surface area contributed by atoms with E-state index in [-0.39, 0.29) is 5.91 Å². The number of amides is 1. The largest absolute Gasteiger partial charge is 0.320 e. The average molecular weight is 284 g/mol. The fraction of sp³-hybridized carbons (Fsp3) is 0.462. The number of rotatable bonds is 0. The van der Waals surface area contributed by atoms with E-state index in [0.717, 1.165) is 23.0 Å². The van der Waals surface area contributed by atoms with Crippen molar-refractivity contribution in [3.05, 3.63) is 34.0 Å². The highest BCUT2D eigenvalue weighted by Crippen LogP contribution is 2.17. The smallest absolute Gasteiger partial charge is 0.226 e. The zero-order valence-corrected chi connectivity index (χ0v) is 11.7. The van der Waals surface area contributed by atoms with Gasteiger partial charge in [0.05, 0.1) is 0 Å². The van der Waals surface area contributed by atoms with Crippen LogP contribution in [0.25, 0.3) is 0 Å². The number of carbonyl (C=O) groups is 1. The number of allylic oxidation sites excluding steroid dienone is 6. The predicted molar refractivity (Wildman–Crippen MR) is 71.1 cm³/mol. The van der Waals surface area contributed by atoms with E-state index in [2.05, 4.69) is 28.9 Å². The normalized spacial score (nSPS) is 29.4. The molecule has 0 aromatic heterocycles. The van der Waals surface area contributed by atoms with E-state index in [0.29, 0.717) is 6.42 Å². The lowest BCUT2D eigenvalue weighted by molar-refractivity contribution is -0.128. The van der Waals surface area contributed by atoms with Gasteiger partial charge in [0.15, 0.2) is 0 Å². The summed E-state index contributed by atoms with van der Waals surface area (Å²) in [5.41, 5.74) is 2.27. The van der Waals surface area contributed by atoms with Crippen LogP contribution in [-0.4, -0.2) is 17.9 Å². The van der Waals surface area contributed by atoms with Gasteiger partial charge in [-0.1, -0.05) is 21.5 Å². The first-order chi connectivity index (χ1) is 7.50. The quantitative estimate of drug-likeness (QED) is 0.663. The van der Waals surface area contributed by atoms with Gasteiger partial charge in [0, 0.05) is 23.6 Å². The lowest BCUT2D eigenvalue weighted by Crippen LogP contribution is -2.24. The van der Waals surface area contributed by atoms with Gasteiger partial charge in [0.25, 0.3) is 0 Å². The molecule has 16 heavy (non-hydrogen) atoms. The molecule has 0 atom stereocenters. The summed E-state index contributed by atoms with van der Waals surface area (Å²) in [6.45, 7) is 4.04. The molecule has 0 aromatic rings. The first-order valence-corrected chi connectivity index (χ1v) is 6.28. The van der Waals surface area contributed by atoms with Gasteiger partial charge in [0.2, 0.25) is 5.91 Å². The Bertz CT molecular complexity index is 366. The Morgan fingerprint density at radius 2 is 1.94 bits per heavy atom. The number of carbonyl (C=O) groups excluding carboxylic acids is 1. The molecule has 0 spiro atoms. The fourth-order valence-electron chi connectivity index (χ4n) is 1.55. The predicted octanol–water partition coefficient (Wildman–Crippen LogP) is 3.76. The molecule has 0 aromatic carbocycles. The van der Waals surface area contributed by atoms with E-state index >= 15 is 0 Å². The van der Waals surface area contributed by atoms with Crippen LogP contribution in [-0.2, 0) is 4.79 Å². The topological polar surface area (TPSA) is 20.3 Å². The van der Waals surface area contributed by atoms with Crippen molar-refractivity contribution in [3.8, 4) is 0 Å². The van der Waals surface area contributed by atoms with Crippen LogP contribution in [0, 0.1) is 0 Å². The van der Waals surface area contributed by atoms with Crippen molar-refractivity contribution in [2.75, 3.05) is 7.05 Å². The highest BCUT2D eigenvalue weighted by Gasteiger charge is 2.10. The summed E-state index contributed by atoms with van der Waals surface area (Å²) in [7, 11) is 1.83. The summed E-state index contributed by atoms with van der Waals surface area (Å²) < 4.78 is 1.05. The summed E-state index contributed by atoms with van der Waals surface area (Å²) >= 11 is 3.50. The standard InChI is InChI=1S/C13H18BrNO/c1-10-5-4-6-13(16)15(3)11(2)7-8-12(14)9-10/h7-9H,4-6H2,1-3H3/b10-9+,11-7+,12-8+. The number of nitrogens with zero attached hydrogens (tertiary/aromatic N) is 1. The molecule has 1 aliphatic heterocycles. The highest BCUT2D eigenvalue weighted by atomic mass is 79.9. The molecule has 1 rings (SSSR count). The van der Waals surface area contributed by atoms with Crippen molar-refractivity contribution >= 4 is 21.8 Å². The molecule has 0 unspecified atom stereocenters. The Labute approximate surface area is 106 Å². The van der Waals surface area contributed by atoms with E-state index in [1.165, 1.54) is 5.57 Å². The molecule has 1 aliphatic rings. The third kappa shape index (κ3) is 3.97. The monoisotopic (exact) mass is 283 g/mol. The van der Waals surface area contributed by atoms with Gasteiger partial charge < -0.3 is 4.90 Å². The average Bonchev–Trinajstić information content (AvgIpc) is 2.24. The lowest BCUT2D eigenvalue weighted by atomic mass is 10.1. The van der Waals surface area contributed by atoms with Gasteiger partial charge in [-0.05, 0) is 44.9 Å². The van der Waals surface area contributed by atoms with Crippen LogP contribution < -0.4 is 0 Å². The zero-order valence-electron chi connectivity index (χ0n) is 10.1. The van der Waals surface area contributed by atoms with Crippen LogP contribution in [0.5, 0.6) is 0 Å². The third-order valence-electron chi connectivity index (χ3n) is 2.73. The fourth-order valence-corrected chi connectivity index (χ4v) is 2.07. The minimum atomic E-state index is 0.188. The molecule has 88 valence electrons. The lowest BCUT2D eigenvalue weighted by Gasteiger charge is -2.17. The van der Waals surface area contributed by atoms with E-state index in [1.807, 2.05) is 26.1 Å². The number of hydrogen-bond acceptors (Lipinski definition) is 1. The van der Waals surface area contributed by atoms with Crippen LogP contribution in [0.1, 0.15) is 33.1 Å². The molecule has 0 N–H and O–H groups in total. The van der Waals surface area contributed by atoms with Crippen molar-refractivity contribution in [2.45, 2.75) is 33.1 Å². The summed E-state index contributed by atoms with van der Waals surface area (Å²) in [4.78, 5) is 13.5. The maximum Gasteiger partial charge on any atom is 0.226 e. The molecule has 1 heterocycles. The molecule has 3 heteroatoms. The summed E-state index contributed by atoms with van der Waals surface area (Å²) in [6, 6.07) is 0. The van der Waals surface area contributed by atoms with Gasteiger partial charge in [-0.3, -0.25) is 4.79 Å². The second-order valence-corrected chi connectivity index (χ2v) is 5.07. The molecule has 1 amide bonds. The summed E-state index contributed by atoms with van der Waals surface area (Å²) in [5.74, 6) is 0.188. The Kier molecular flexibility index (Phi) is 5.00. The van der Waals surface area contributed by atoms with Crippen LogP contribution in [0.15, 0.2) is 34.0 Å². The highest BCUT2D eigenvalue weighted by molar-refractivity contribution is 9.11. The van der Waals surface area contributed by atoms with Crippen molar-refractivity contribution < 1.29 is 4.79 Å². The molecule has 0 fully saturated rings. The van der Waals surface area contributed by atoms with Crippen LogP contribution in [0.3, 0.4) is 0 Å². The summed E-state index contributed by atoms with van der Waals surface area (Å²) in [5, 5.41) is 0. The van der Waals surface area contributed by atoms with Crippen molar-refractivity contribution in [1.29, 1.82) is 0 Å². The molecule has 0 bridgehead atoms. The first-order valence-electron chi connectivity index (χ1n) is 5.48. The Hall–Kier alpha value is -0.830. The van der Waals surface area contributed by atoms with Crippen molar-refractivity contribution in [3.63, 3.8) is 0 Å². The molecule has 0 radical (unpaired) electrons.